The van der Waals surface area contributed by atoms with E-state index >= 15 is 0 Å². The molecule has 3 nitrogen and oxygen atoms in total. The van der Waals surface area contributed by atoms with Gasteiger partial charge in [-0.05, 0) is 82.8 Å². The molecule has 0 unspecified atom stereocenters. The van der Waals surface area contributed by atoms with Crippen molar-refractivity contribution in [3.63, 3.8) is 0 Å². The molecule has 0 aliphatic carbocycles. The van der Waals surface area contributed by atoms with Crippen molar-refractivity contribution >= 4 is 50.8 Å². The fraction of sp³-hybridized carbons (Fsp3) is 0.100. The van der Waals surface area contributed by atoms with Crippen LogP contribution in [0.1, 0.15) is 16.7 Å². The number of carboxylic acid groups (broad SMARTS) is 1. The first kappa shape index (κ1) is 26.1. The monoisotopic (exact) mass is 578 g/mol. The second-order valence-electron chi connectivity index (χ2n) is 8.13. The number of benzene rings is 4. The minimum Gasteiger partial charge on any atom is -0.482 e. The van der Waals surface area contributed by atoms with E-state index in [1.165, 1.54) is 0 Å². The first-order valence-electron chi connectivity index (χ1n) is 11.3. The number of halogens is 2. The molecule has 182 valence electrons. The zero-order valence-corrected chi connectivity index (χ0v) is 22.7. The van der Waals surface area contributed by atoms with Gasteiger partial charge in [-0.2, -0.15) is 0 Å². The second-order valence-corrected chi connectivity index (χ2v) is 10.6. The highest BCUT2D eigenvalue weighted by atomic mass is 79.9. The predicted molar refractivity (Wildman–Crippen MR) is 153 cm³/mol. The van der Waals surface area contributed by atoms with Crippen LogP contribution in [0.5, 0.6) is 5.75 Å². The van der Waals surface area contributed by atoms with Gasteiger partial charge in [0.15, 0.2) is 6.61 Å². The van der Waals surface area contributed by atoms with Gasteiger partial charge in [0.25, 0.3) is 0 Å². The number of aryl methyl sites for hydroxylation is 1. The molecule has 0 saturated heterocycles. The van der Waals surface area contributed by atoms with Crippen LogP contribution in [-0.4, -0.2) is 23.4 Å². The summed E-state index contributed by atoms with van der Waals surface area (Å²) in [6.45, 7) is 1.58. The zero-order valence-electron chi connectivity index (χ0n) is 19.6. The molecule has 0 aliphatic rings. The largest absolute Gasteiger partial charge is 0.482 e. The molecule has 0 fully saturated rings. The minimum atomic E-state index is -0.987. The lowest BCUT2D eigenvalue weighted by Crippen LogP contribution is -2.09. The third-order valence-electron chi connectivity index (χ3n) is 5.54. The Kier molecular flexibility index (Phi) is 8.92. The number of ether oxygens (including phenoxy) is 1. The van der Waals surface area contributed by atoms with E-state index in [-0.39, 0.29) is 6.61 Å². The molecule has 0 bridgehead atoms. The number of aliphatic carboxylic acids is 1. The van der Waals surface area contributed by atoms with Gasteiger partial charge in [0.1, 0.15) is 5.75 Å². The molecule has 0 aromatic heterocycles. The van der Waals surface area contributed by atoms with E-state index in [1.54, 1.807) is 11.8 Å². The Morgan fingerprint density at radius 2 is 1.64 bits per heavy atom. The average molecular weight is 580 g/mol. The van der Waals surface area contributed by atoms with Crippen LogP contribution in [0, 0.1) is 6.92 Å². The fourth-order valence-corrected chi connectivity index (χ4v) is 5.10. The maximum absolute atomic E-state index is 10.8. The zero-order chi connectivity index (χ0) is 25.5. The Balaban J connectivity index is 1.55. The summed E-state index contributed by atoms with van der Waals surface area (Å²) in [5.41, 5.74) is 6.55. The highest BCUT2D eigenvalue weighted by Crippen LogP contribution is 2.31. The van der Waals surface area contributed by atoms with Gasteiger partial charge in [0, 0.05) is 20.1 Å². The molecule has 6 heteroatoms. The molecule has 4 aromatic carbocycles. The van der Waals surface area contributed by atoms with Gasteiger partial charge in [-0.15, -0.1) is 11.8 Å². The lowest BCUT2D eigenvalue weighted by Gasteiger charge is -2.12. The molecule has 0 saturated carbocycles. The smallest absolute Gasteiger partial charge is 0.341 e. The Hall–Kier alpha value is -2.99. The molecule has 0 aliphatic heterocycles. The summed E-state index contributed by atoms with van der Waals surface area (Å²) in [6.07, 6.45) is 2.24. The van der Waals surface area contributed by atoms with E-state index in [0.717, 1.165) is 53.5 Å². The van der Waals surface area contributed by atoms with Gasteiger partial charge in [-0.3, -0.25) is 0 Å². The van der Waals surface area contributed by atoms with E-state index in [4.69, 9.17) is 21.4 Å². The molecule has 4 aromatic rings. The summed E-state index contributed by atoms with van der Waals surface area (Å²) in [6, 6.07) is 30.6. The van der Waals surface area contributed by atoms with Crippen LogP contribution in [0.3, 0.4) is 0 Å². The molecule has 0 amide bonds. The summed E-state index contributed by atoms with van der Waals surface area (Å²) < 4.78 is 6.38. The predicted octanol–water partition coefficient (Wildman–Crippen LogP) is 8.77. The van der Waals surface area contributed by atoms with E-state index < -0.39 is 5.97 Å². The maximum atomic E-state index is 10.8. The third kappa shape index (κ3) is 7.03. The van der Waals surface area contributed by atoms with E-state index in [9.17, 15) is 4.79 Å². The summed E-state index contributed by atoms with van der Waals surface area (Å²) in [5.74, 6) is 0.377. The normalized spacial score (nSPS) is 11.4. The van der Waals surface area contributed by atoms with Crippen LogP contribution in [0.15, 0.2) is 106 Å². The third-order valence-corrected chi connectivity index (χ3v) is 7.23. The molecule has 0 atom stereocenters. The number of carbonyl (C=O) groups is 1. The molecule has 0 spiro atoms. The number of rotatable bonds is 9. The van der Waals surface area contributed by atoms with E-state index in [0.29, 0.717) is 5.75 Å². The lowest BCUT2D eigenvalue weighted by molar-refractivity contribution is -0.139. The minimum absolute atomic E-state index is 0.345. The van der Waals surface area contributed by atoms with Crippen LogP contribution in [-0.2, 0) is 4.79 Å². The first-order valence-corrected chi connectivity index (χ1v) is 13.5. The van der Waals surface area contributed by atoms with Crippen molar-refractivity contribution in [2.75, 3.05) is 12.4 Å². The highest BCUT2D eigenvalue weighted by molar-refractivity contribution is 9.10. The van der Waals surface area contributed by atoms with Crippen LogP contribution >= 0.6 is 39.3 Å². The van der Waals surface area contributed by atoms with Gasteiger partial charge in [0.2, 0.25) is 0 Å². The first-order chi connectivity index (χ1) is 17.4. The lowest BCUT2D eigenvalue weighted by atomic mass is 9.95. The molecular weight excluding hydrogens is 556 g/mol. The topological polar surface area (TPSA) is 46.5 Å². The molecule has 36 heavy (non-hydrogen) atoms. The van der Waals surface area contributed by atoms with Gasteiger partial charge in [0.05, 0.1) is 0 Å². The quantitative estimate of drug-likeness (QED) is 0.201. The number of carboxylic acids is 1. The van der Waals surface area contributed by atoms with E-state index in [2.05, 4.69) is 76.6 Å². The molecular formula is C30H24BrClO3S. The standard InChI is InChI=1S/C30H24BrClO3S/c1-20-17-27(13-14-29(20)35-19-30(33)34)36-16-15-28(23-9-11-25(31)12-10-23)22-7-5-21(6-8-22)24-3-2-4-26(32)18-24/h2-15,17-18H,16,19H2,1H3,(H,33,34). The number of hydrogen-bond acceptors (Lipinski definition) is 3. The van der Waals surface area contributed by atoms with Crippen LogP contribution in [0.2, 0.25) is 5.02 Å². The van der Waals surface area contributed by atoms with Crippen LogP contribution in [0.4, 0.5) is 0 Å². The van der Waals surface area contributed by atoms with Crippen molar-refractivity contribution in [2.45, 2.75) is 11.8 Å². The molecule has 1 N–H and O–H groups in total. The SMILES string of the molecule is Cc1cc(SCC=C(c2ccc(Br)cc2)c2ccc(-c3cccc(Cl)c3)cc2)ccc1OCC(=O)O. The van der Waals surface area contributed by atoms with Crippen molar-refractivity contribution in [2.24, 2.45) is 0 Å². The second kappa shape index (κ2) is 12.3. The van der Waals surface area contributed by atoms with Crippen molar-refractivity contribution in [3.05, 3.63) is 123 Å². The number of thioether (sulfide) groups is 1. The Morgan fingerprint density at radius 1 is 0.944 bits per heavy atom. The highest BCUT2D eigenvalue weighted by Gasteiger charge is 2.08. The van der Waals surface area contributed by atoms with Gasteiger partial charge in [-0.1, -0.05) is 82.1 Å². The molecule has 0 heterocycles. The fourth-order valence-electron chi connectivity index (χ4n) is 3.78. The van der Waals surface area contributed by atoms with Crippen molar-refractivity contribution in [1.82, 2.24) is 0 Å². The average Bonchev–Trinajstić information content (AvgIpc) is 2.87. The summed E-state index contributed by atoms with van der Waals surface area (Å²) in [4.78, 5) is 11.9. The maximum Gasteiger partial charge on any atom is 0.341 e. The summed E-state index contributed by atoms with van der Waals surface area (Å²) in [7, 11) is 0. The van der Waals surface area contributed by atoms with E-state index in [1.807, 2.05) is 43.3 Å². The van der Waals surface area contributed by atoms with Crippen molar-refractivity contribution < 1.29 is 14.6 Å². The summed E-state index contributed by atoms with van der Waals surface area (Å²) in [5, 5.41) is 9.56. The summed E-state index contributed by atoms with van der Waals surface area (Å²) >= 11 is 11.4. The number of hydrogen-bond donors (Lipinski definition) is 1. The van der Waals surface area contributed by atoms with Crippen molar-refractivity contribution in [3.8, 4) is 16.9 Å². The van der Waals surface area contributed by atoms with Gasteiger partial charge >= 0.3 is 5.97 Å². The van der Waals surface area contributed by atoms with Crippen LogP contribution in [0.25, 0.3) is 16.7 Å². The van der Waals surface area contributed by atoms with Gasteiger partial charge in [-0.25, -0.2) is 4.79 Å². The molecule has 4 rings (SSSR count). The Bertz CT molecular complexity index is 1380. The molecule has 0 radical (unpaired) electrons. The van der Waals surface area contributed by atoms with Crippen LogP contribution < -0.4 is 4.74 Å². The Labute approximate surface area is 228 Å². The van der Waals surface area contributed by atoms with Crippen molar-refractivity contribution in [1.29, 1.82) is 0 Å². The Morgan fingerprint density at radius 3 is 2.28 bits per heavy atom. The van der Waals surface area contributed by atoms with Gasteiger partial charge < -0.3 is 9.84 Å².